The van der Waals surface area contributed by atoms with Crippen LogP contribution in [0.1, 0.15) is 37.8 Å². The molecule has 0 saturated carbocycles. The van der Waals surface area contributed by atoms with Crippen LogP contribution in [0, 0.1) is 9.49 Å². The minimum atomic E-state index is 0.0611. The van der Waals surface area contributed by atoms with E-state index in [-0.39, 0.29) is 5.91 Å². The molecule has 1 aliphatic rings. The number of fused-ring (bicyclic) bond motifs is 2. The Morgan fingerprint density at radius 2 is 2.07 bits per heavy atom. The monoisotopic (exact) mass is 536 g/mol. The van der Waals surface area contributed by atoms with Crippen LogP contribution in [0.25, 0.3) is 11.2 Å². The number of nitrogens with one attached hydrogen (secondary N) is 1. The van der Waals surface area contributed by atoms with E-state index < -0.39 is 0 Å². The fraction of sp³-hybridized carbons (Fsp3) is 0.429. The number of halogens is 1. The third-order valence-corrected chi connectivity index (χ3v) is 7.43. The number of nitrogen functional groups attached to an aromatic ring is 1. The molecule has 0 unspecified atom stereocenters. The highest BCUT2D eigenvalue weighted by Crippen LogP contribution is 2.36. The van der Waals surface area contributed by atoms with E-state index in [2.05, 4.69) is 50.0 Å². The second-order valence-electron chi connectivity index (χ2n) is 7.93. The molecule has 0 atom stereocenters. The van der Waals surface area contributed by atoms with Gasteiger partial charge in [0.25, 0.3) is 0 Å². The van der Waals surface area contributed by atoms with Crippen molar-refractivity contribution in [3.8, 4) is 0 Å². The summed E-state index contributed by atoms with van der Waals surface area (Å²) in [7, 11) is 0. The molecule has 3 N–H and O–H groups in total. The normalized spacial score (nSPS) is 13.2. The number of amides is 1. The van der Waals surface area contributed by atoms with Gasteiger partial charge in [0.2, 0.25) is 5.91 Å². The Morgan fingerprint density at radius 1 is 1.30 bits per heavy atom. The molecular weight excluding hydrogens is 511 g/mol. The second-order valence-corrected chi connectivity index (χ2v) is 10.1. The molecule has 158 valence electrons. The lowest BCUT2D eigenvalue weighted by molar-refractivity contribution is -0.121. The number of nitrogens with zero attached hydrogens (tertiary/aromatic N) is 4. The summed E-state index contributed by atoms with van der Waals surface area (Å²) in [5.74, 6) is 0.763. The summed E-state index contributed by atoms with van der Waals surface area (Å²) in [6.07, 6.45) is 5.50. The average Bonchev–Trinajstić information content (AvgIpc) is 3.27. The lowest BCUT2D eigenvalue weighted by Gasteiger charge is -2.12. The molecule has 9 heteroatoms. The van der Waals surface area contributed by atoms with Gasteiger partial charge in [-0.15, -0.1) is 0 Å². The molecule has 1 aliphatic carbocycles. The van der Waals surface area contributed by atoms with Crippen molar-refractivity contribution in [1.82, 2.24) is 24.8 Å². The first-order valence-electron chi connectivity index (χ1n) is 10.1. The number of benzene rings is 1. The van der Waals surface area contributed by atoms with Gasteiger partial charge in [-0.3, -0.25) is 4.79 Å². The standard InChI is InChI=1S/C21H25IN6OS/c1-12(2)8-17(29)24-6-7-28-20-18(19(23)25-11-26-20)27-21(28)30-16-10-14-5-3-4-13(14)9-15(16)22/h9-12H,3-8H2,1-2H3,(H,24,29)(H2,23,25,26). The number of hydrogen-bond donors (Lipinski definition) is 2. The van der Waals surface area contributed by atoms with E-state index in [9.17, 15) is 4.79 Å². The summed E-state index contributed by atoms with van der Waals surface area (Å²) >= 11 is 4.02. The molecule has 0 aliphatic heterocycles. The zero-order valence-electron chi connectivity index (χ0n) is 17.1. The highest BCUT2D eigenvalue weighted by Gasteiger charge is 2.19. The lowest BCUT2D eigenvalue weighted by atomic mass is 10.1. The third kappa shape index (κ3) is 4.56. The average molecular weight is 536 g/mol. The summed E-state index contributed by atoms with van der Waals surface area (Å²) in [5.41, 5.74) is 10.2. The van der Waals surface area contributed by atoms with Gasteiger partial charge >= 0.3 is 0 Å². The smallest absolute Gasteiger partial charge is 0.220 e. The maximum Gasteiger partial charge on any atom is 0.220 e. The van der Waals surface area contributed by atoms with Crippen LogP contribution >= 0.6 is 34.4 Å². The van der Waals surface area contributed by atoms with Gasteiger partial charge in [0.05, 0.1) is 0 Å². The lowest BCUT2D eigenvalue weighted by Crippen LogP contribution is -2.28. The predicted octanol–water partition coefficient (Wildman–Crippen LogP) is 3.82. The van der Waals surface area contributed by atoms with E-state index in [1.807, 2.05) is 18.4 Å². The number of carbonyl (C=O) groups excluding carboxylic acids is 1. The van der Waals surface area contributed by atoms with Crippen LogP contribution < -0.4 is 11.1 Å². The maximum atomic E-state index is 12.0. The number of nitrogens with two attached hydrogens (primary N) is 1. The summed E-state index contributed by atoms with van der Waals surface area (Å²) in [4.78, 5) is 26.5. The highest BCUT2D eigenvalue weighted by molar-refractivity contribution is 14.1. The first-order valence-corrected chi connectivity index (χ1v) is 12.0. The van der Waals surface area contributed by atoms with Crippen LogP contribution in [0.2, 0.25) is 0 Å². The molecule has 3 aromatic rings. The van der Waals surface area contributed by atoms with Crippen LogP contribution in [-0.4, -0.2) is 32.0 Å². The number of carbonyl (C=O) groups is 1. The van der Waals surface area contributed by atoms with Gasteiger partial charge in [0.1, 0.15) is 6.33 Å². The van der Waals surface area contributed by atoms with Crippen molar-refractivity contribution < 1.29 is 4.79 Å². The summed E-state index contributed by atoms with van der Waals surface area (Å²) in [6, 6.07) is 4.58. The minimum Gasteiger partial charge on any atom is -0.382 e. The van der Waals surface area contributed by atoms with Crippen LogP contribution in [-0.2, 0) is 24.2 Å². The number of anilines is 1. The number of aryl methyl sites for hydroxylation is 2. The highest BCUT2D eigenvalue weighted by atomic mass is 127. The fourth-order valence-electron chi connectivity index (χ4n) is 3.71. The fourth-order valence-corrected chi connectivity index (χ4v) is 5.55. The zero-order valence-corrected chi connectivity index (χ0v) is 20.1. The van der Waals surface area contributed by atoms with Crippen molar-refractivity contribution in [1.29, 1.82) is 0 Å². The Kier molecular flexibility index (Phi) is 6.47. The van der Waals surface area contributed by atoms with E-state index in [1.54, 1.807) is 11.8 Å². The van der Waals surface area contributed by atoms with Crippen LogP contribution in [0.3, 0.4) is 0 Å². The molecule has 0 bridgehead atoms. The van der Waals surface area contributed by atoms with E-state index in [1.165, 1.54) is 32.3 Å². The van der Waals surface area contributed by atoms with Crippen LogP contribution in [0.5, 0.6) is 0 Å². The Morgan fingerprint density at radius 3 is 2.83 bits per heavy atom. The van der Waals surface area contributed by atoms with Gasteiger partial charge in [-0.05, 0) is 71.0 Å². The molecule has 7 nitrogen and oxygen atoms in total. The van der Waals surface area contributed by atoms with Gasteiger partial charge < -0.3 is 15.6 Å². The SMILES string of the molecule is CC(C)CC(=O)NCCn1c(Sc2cc3c(cc2I)CCC3)nc2c(N)ncnc21. The number of rotatable bonds is 7. The van der Waals surface area contributed by atoms with Gasteiger partial charge in [0, 0.05) is 28.0 Å². The zero-order chi connectivity index (χ0) is 21.3. The quantitative estimate of drug-likeness (QED) is 0.446. The Hall–Kier alpha value is -1.88. The molecule has 30 heavy (non-hydrogen) atoms. The van der Waals surface area contributed by atoms with Crippen LogP contribution in [0.4, 0.5) is 5.82 Å². The van der Waals surface area contributed by atoms with Gasteiger partial charge in [-0.2, -0.15) is 0 Å². The summed E-state index contributed by atoms with van der Waals surface area (Å²) in [6.45, 7) is 5.15. The molecule has 0 fully saturated rings. The molecule has 4 rings (SSSR count). The molecule has 2 heterocycles. The number of aromatic nitrogens is 4. The van der Waals surface area contributed by atoms with Gasteiger partial charge in [-0.25, -0.2) is 15.0 Å². The Bertz CT molecular complexity index is 1100. The topological polar surface area (TPSA) is 98.7 Å². The second kappa shape index (κ2) is 9.09. The molecule has 0 spiro atoms. The van der Waals surface area contributed by atoms with E-state index >= 15 is 0 Å². The van der Waals surface area contributed by atoms with E-state index in [0.717, 1.165) is 18.0 Å². The third-order valence-electron chi connectivity index (χ3n) is 5.12. The Balaban J connectivity index is 1.62. The molecular formula is C21H25IN6OS. The molecule has 1 aromatic carbocycles. The largest absolute Gasteiger partial charge is 0.382 e. The predicted molar refractivity (Wildman–Crippen MR) is 128 cm³/mol. The minimum absolute atomic E-state index is 0.0611. The van der Waals surface area contributed by atoms with Crippen molar-refractivity contribution in [2.75, 3.05) is 12.3 Å². The molecule has 2 aromatic heterocycles. The molecule has 0 saturated heterocycles. The molecule has 0 radical (unpaired) electrons. The van der Waals surface area contributed by atoms with E-state index in [0.29, 0.717) is 42.4 Å². The first kappa shape index (κ1) is 21.4. The first-order chi connectivity index (χ1) is 14.4. The Labute approximate surface area is 193 Å². The van der Waals surface area contributed by atoms with Gasteiger partial charge in [-0.1, -0.05) is 25.6 Å². The van der Waals surface area contributed by atoms with Crippen molar-refractivity contribution in [2.24, 2.45) is 5.92 Å². The summed E-state index contributed by atoms with van der Waals surface area (Å²) < 4.78 is 3.25. The van der Waals surface area contributed by atoms with Gasteiger partial charge in [0.15, 0.2) is 22.1 Å². The summed E-state index contributed by atoms with van der Waals surface area (Å²) in [5, 5.41) is 3.81. The molecule has 1 amide bonds. The van der Waals surface area contributed by atoms with Crippen molar-refractivity contribution >= 4 is 57.2 Å². The number of hydrogen-bond acceptors (Lipinski definition) is 6. The number of imidazole rings is 1. The van der Waals surface area contributed by atoms with Crippen molar-refractivity contribution in [3.05, 3.63) is 33.2 Å². The maximum absolute atomic E-state index is 12.0. The van der Waals surface area contributed by atoms with E-state index in [4.69, 9.17) is 10.7 Å². The van der Waals surface area contributed by atoms with Crippen LogP contribution in [0.15, 0.2) is 28.5 Å². The van der Waals surface area contributed by atoms with Crippen molar-refractivity contribution in [2.45, 2.75) is 56.1 Å². The van der Waals surface area contributed by atoms with Crippen molar-refractivity contribution in [3.63, 3.8) is 0 Å².